The van der Waals surface area contributed by atoms with Gasteiger partial charge in [0.25, 0.3) is 0 Å². The van der Waals surface area contributed by atoms with E-state index >= 15 is 0 Å². The van der Waals surface area contributed by atoms with Crippen molar-refractivity contribution in [3.63, 3.8) is 0 Å². The van der Waals surface area contributed by atoms with E-state index in [-0.39, 0.29) is 0 Å². The number of rotatable bonds is 4. The van der Waals surface area contributed by atoms with Crippen LogP contribution in [0.3, 0.4) is 0 Å². The number of anilines is 1. The predicted molar refractivity (Wildman–Crippen MR) is 70.4 cm³/mol. The van der Waals surface area contributed by atoms with E-state index in [1.165, 1.54) is 17.6 Å². The smallest absolute Gasteiger partial charge is 0.184 e. The van der Waals surface area contributed by atoms with Crippen LogP contribution in [0.4, 0.5) is 5.00 Å². The molecule has 0 spiro atoms. The molecule has 4 nitrogen and oxygen atoms in total. The van der Waals surface area contributed by atoms with Gasteiger partial charge in [0.15, 0.2) is 12.0 Å². The van der Waals surface area contributed by atoms with Gasteiger partial charge >= 0.3 is 0 Å². The van der Waals surface area contributed by atoms with Crippen molar-refractivity contribution in [1.82, 2.24) is 0 Å². The van der Waals surface area contributed by atoms with Crippen LogP contribution in [0.2, 0.25) is 0 Å². The minimum Gasteiger partial charge on any atom is -0.465 e. The van der Waals surface area contributed by atoms with Crippen LogP contribution in [-0.2, 0) is 6.42 Å². The Morgan fingerprint density at radius 1 is 1.61 bits per heavy atom. The third-order valence-electron chi connectivity index (χ3n) is 2.75. The highest BCUT2D eigenvalue weighted by Gasteiger charge is 2.18. The van der Waals surface area contributed by atoms with Gasteiger partial charge in [-0.1, -0.05) is 6.92 Å². The van der Waals surface area contributed by atoms with Crippen molar-refractivity contribution < 1.29 is 9.52 Å². The maximum Gasteiger partial charge on any atom is 0.184 e. The molecule has 2 heterocycles. The van der Waals surface area contributed by atoms with Crippen molar-refractivity contribution in [1.29, 1.82) is 5.26 Å². The Morgan fingerprint density at radius 3 is 2.94 bits per heavy atom. The number of hydrogen-bond donors (Lipinski definition) is 2. The van der Waals surface area contributed by atoms with Crippen molar-refractivity contribution in [2.24, 2.45) is 0 Å². The summed E-state index contributed by atoms with van der Waals surface area (Å²) in [4.78, 5) is 1.10. The Hall–Kier alpha value is -1.77. The molecule has 0 saturated heterocycles. The monoisotopic (exact) mass is 262 g/mol. The van der Waals surface area contributed by atoms with Crippen LogP contribution in [-0.4, -0.2) is 5.11 Å². The summed E-state index contributed by atoms with van der Waals surface area (Å²) in [7, 11) is 0. The van der Waals surface area contributed by atoms with Gasteiger partial charge in [-0.2, -0.15) is 5.26 Å². The van der Waals surface area contributed by atoms with E-state index in [9.17, 15) is 10.4 Å². The molecule has 0 radical (unpaired) electrons. The van der Waals surface area contributed by atoms with Crippen LogP contribution in [0.5, 0.6) is 0 Å². The minimum absolute atomic E-state index is 0.433. The maximum absolute atomic E-state index is 9.95. The van der Waals surface area contributed by atoms with E-state index < -0.39 is 6.23 Å². The van der Waals surface area contributed by atoms with Crippen LogP contribution in [0.1, 0.15) is 34.9 Å². The number of aliphatic hydroxyl groups is 1. The van der Waals surface area contributed by atoms with E-state index in [1.807, 2.05) is 13.8 Å². The number of nitrogens with one attached hydrogen (secondary N) is 1. The number of nitriles is 1. The van der Waals surface area contributed by atoms with Gasteiger partial charge in [0.2, 0.25) is 0 Å². The van der Waals surface area contributed by atoms with Gasteiger partial charge in [-0.25, -0.2) is 0 Å². The van der Waals surface area contributed by atoms with E-state index in [2.05, 4.69) is 11.4 Å². The SMILES string of the molecule is CCc1c(C)sc(NC(O)c2ccco2)c1C#N. The van der Waals surface area contributed by atoms with Crippen LogP contribution in [0.25, 0.3) is 0 Å². The first-order valence-corrected chi connectivity index (χ1v) is 6.49. The number of thiophene rings is 1. The third kappa shape index (κ3) is 2.26. The zero-order valence-corrected chi connectivity index (χ0v) is 11.0. The van der Waals surface area contributed by atoms with Gasteiger partial charge in [0, 0.05) is 4.88 Å². The molecule has 18 heavy (non-hydrogen) atoms. The molecule has 5 heteroatoms. The molecule has 94 valence electrons. The fourth-order valence-electron chi connectivity index (χ4n) is 1.87. The summed E-state index contributed by atoms with van der Waals surface area (Å²) in [5.41, 5.74) is 1.65. The number of hydrogen-bond acceptors (Lipinski definition) is 5. The number of furan rings is 1. The maximum atomic E-state index is 9.95. The van der Waals surface area contributed by atoms with Gasteiger partial charge < -0.3 is 14.8 Å². The first kappa shape index (κ1) is 12.7. The number of nitrogens with zero attached hydrogens (tertiary/aromatic N) is 1. The summed E-state index contributed by atoms with van der Waals surface area (Å²) in [6.07, 6.45) is 1.38. The van der Waals surface area contributed by atoms with Gasteiger partial charge in [-0.15, -0.1) is 11.3 Å². The van der Waals surface area contributed by atoms with Crippen molar-refractivity contribution in [3.05, 3.63) is 40.2 Å². The van der Waals surface area contributed by atoms with E-state index in [1.54, 1.807) is 12.1 Å². The standard InChI is InChI=1S/C13H14N2O2S/c1-3-9-8(2)18-13(10(9)7-14)15-12(16)11-5-4-6-17-11/h4-6,12,15-16H,3H2,1-2H3. The molecule has 0 aliphatic rings. The molecular weight excluding hydrogens is 248 g/mol. The first-order valence-electron chi connectivity index (χ1n) is 5.67. The van der Waals surface area contributed by atoms with Crippen molar-refractivity contribution >= 4 is 16.3 Å². The molecule has 2 aromatic heterocycles. The molecule has 0 aliphatic heterocycles. The molecule has 0 aromatic carbocycles. The Kier molecular flexibility index (Phi) is 3.70. The van der Waals surface area contributed by atoms with Gasteiger partial charge in [-0.3, -0.25) is 0 Å². The summed E-state index contributed by atoms with van der Waals surface area (Å²) in [5.74, 6) is 0.433. The Labute approximate surface area is 109 Å². The topological polar surface area (TPSA) is 69.2 Å². The van der Waals surface area contributed by atoms with E-state index in [4.69, 9.17) is 4.42 Å². The summed E-state index contributed by atoms with van der Waals surface area (Å²) in [6.45, 7) is 4.00. The molecule has 0 amide bonds. The molecular formula is C13H14N2O2S. The fraction of sp³-hybridized carbons (Fsp3) is 0.308. The lowest BCUT2D eigenvalue weighted by Gasteiger charge is -2.10. The Morgan fingerprint density at radius 2 is 2.39 bits per heavy atom. The molecule has 2 aromatic rings. The van der Waals surface area contributed by atoms with Crippen LogP contribution in [0, 0.1) is 18.3 Å². The lowest BCUT2D eigenvalue weighted by Crippen LogP contribution is -2.08. The molecule has 0 aliphatic carbocycles. The normalized spacial score (nSPS) is 12.1. The van der Waals surface area contributed by atoms with Gasteiger partial charge in [-0.05, 0) is 31.0 Å². The highest BCUT2D eigenvalue weighted by Crippen LogP contribution is 2.34. The Bertz CT molecular complexity index is 567. The zero-order valence-electron chi connectivity index (χ0n) is 10.2. The second-order valence-electron chi connectivity index (χ2n) is 3.87. The van der Waals surface area contributed by atoms with Crippen molar-refractivity contribution in [3.8, 4) is 6.07 Å². The van der Waals surface area contributed by atoms with Gasteiger partial charge in [0.05, 0.1) is 11.8 Å². The summed E-state index contributed by atoms with van der Waals surface area (Å²) < 4.78 is 5.11. The number of aryl methyl sites for hydroxylation is 1. The molecule has 1 unspecified atom stereocenters. The lowest BCUT2D eigenvalue weighted by molar-refractivity contribution is 0.178. The zero-order chi connectivity index (χ0) is 13.1. The summed E-state index contributed by atoms with van der Waals surface area (Å²) in [6, 6.07) is 5.59. The quantitative estimate of drug-likeness (QED) is 0.830. The first-order chi connectivity index (χ1) is 8.67. The molecule has 0 saturated carbocycles. The van der Waals surface area contributed by atoms with Gasteiger partial charge in [0.1, 0.15) is 11.1 Å². The second kappa shape index (κ2) is 5.25. The average molecular weight is 262 g/mol. The molecule has 0 bridgehead atoms. The largest absolute Gasteiger partial charge is 0.465 e. The van der Waals surface area contributed by atoms with E-state index in [0.717, 1.165) is 16.9 Å². The van der Waals surface area contributed by atoms with Crippen molar-refractivity contribution in [2.75, 3.05) is 5.32 Å². The number of aliphatic hydroxyl groups excluding tert-OH is 1. The molecule has 2 rings (SSSR count). The minimum atomic E-state index is -0.935. The molecule has 2 N–H and O–H groups in total. The van der Waals surface area contributed by atoms with E-state index in [0.29, 0.717) is 16.3 Å². The summed E-state index contributed by atoms with van der Waals surface area (Å²) in [5, 5.41) is 22.8. The average Bonchev–Trinajstić information content (AvgIpc) is 2.96. The van der Waals surface area contributed by atoms with Crippen molar-refractivity contribution in [2.45, 2.75) is 26.5 Å². The second-order valence-corrected chi connectivity index (χ2v) is 5.09. The van der Waals surface area contributed by atoms with Crippen LogP contribution < -0.4 is 5.32 Å². The Balaban J connectivity index is 2.27. The summed E-state index contributed by atoms with van der Waals surface area (Å²) >= 11 is 1.48. The molecule has 1 atom stereocenters. The third-order valence-corrected chi connectivity index (χ3v) is 3.83. The van der Waals surface area contributed by atoms with Crippen LogP contribution >= 0.6 is 11.3 Å². The predicted octanol–water partition coefficient (Wildman–Crippen LogP) is 3.19. The fourth-order valence-corrected chi connectivity index (χ4v) is 2.98. The van der Waals surface area contributed by atoms with Crippen LogP contribution in [0.15, 0.2) is 22.8 Å². The molecule has 0 fully saturated rings. The highest BCUT2D eigenvalue weighted by atomic mass is 32.1. The lowest BCUT2D eigenvalue weighted by atomic mass is 10.1. The highest BCUT2D eigenvalue weighted by molar-refractivity contribution is 7.16.